The van der Waals surface area contributed by atoms with E-state index in [-0.39, 0.29) is 0 Å². The quantitative estimate of drug-likeness (QED) is 0.703. The third kappa shape index (κ3) is 2.94. The van der Waals surface area contributed by atoms with Crippen LogP contribution in [0.2, 0.25) is 0 Å². The van der Waals surface area contributed by atoms with E-state index < -0.39 is 0 Å². The number of anilines is 2. The van der Waals surface area contributed by atoms with Gasteiger partial charge in [-0.1, -0.05) is 33.3 Å². The fourth-order valence-corrected chi connectivity index (χ4v) is 3.34. The monoisotopic (exact) mass is 348 g/mol. The van der Waals surface area contributed by atoms with E-state index in [1.807, 2.05) is 43.3 Å². The molecule has 102 valence electrons. The van der Waals surface area contributed by atoms with Crippen LogP contribution < -0.4 is 10.1 Å². The molecule has 0 fully saturated rings. The summed E-state index contributed by atoms with van der Waals surface area (Å²) in [5.41, 5.74) is 1.98. The van der Waals surface area contributed by atoms with E-state index in [1.165, 1.54) is 0 Å². The minimum Gasteiger partial charge on any atom is -0.494 e. The van der Waals surface area contributed by atoms with Crippen molar-refractivity contribution in [3.63, 3.8) is 0 Å². The first-order valence-corrected chi connectivity index (χ1v) is 7.91. The Morgan fingerprint density at radius 3 is 3.00 bits per heavy atom. The number of thiazole rings is 1. The van der Waals surface area contributed by atoms with Crippen LogP contribution in [0.4, 0.5) is 10.8 Å². The Kier molecular flexibility index (Phi) is 3.89. The van der Waals surface area contributed by atoms with Gasteiger partial charge < -0.3 is 10.1 Å². The molecule has 2 aromatic carbocycles. The molecule has 1 N–H and O–H groups in total. The van der Waals surface area contributed by atoms with Gasteiger partial charge in [-0.25, -0.2) is 4.98 Å². The third-order valence-corrected chi connectivity index (χ3v) is 4.17. The Bertz CT molecular complexity index is 742. The molecule has 0 aliphatic heterocycles. The number of fused-ring (bicyclic) bond motifs is 1. The highest BCUT2D eigenvalue weighted by Gasteiger charge is 2.05. The Balaban J connectivity index is 1.87. The van der Waals surface area contributed by atoms with Crippen LogP contribution in [0, 0.1) is 0 Å². The zero-order valence-corrected chi connectivity index (χ0v) is 13.3. The molecule has 3 rings (SSSR count). The van der Waals surface area contributed by atoms with Gasteiger partial charge in [0.25, 0.3) is 0 Å². The molecule has 0 amide bonds. The average molecular weight is 349 g/mol. The molecule has 0 radical (unpaired) electrons. The van der Waals surface area contributed by atoms with Crippen molar-refractivity contribution >= 4 is 48.3 Å². The maximum absolute atomic E-state index is 5.50. The molecule has 3 aromatic rings. The highest BCUT2D eigenvalue weighted by Crippen LogP contribution is 2.31. The van der Waals surface area contributed by atoms with E-state index in [0.29, 0.717) is 6.61 Å². The van der Waals surface area contributed by atoms with Crippen LogP contribution in [-0.2, 0) is 0 Å². The van der Waals surface area contributed by atoms with E-state index in [2.05, 4.69) is 32.3 Å². The van der Waals surface area contributed by atoms with Crippen molar-refractivity contribution in [1.82, 2.24) is 4.98 Å². The SMILES string of the molecule is CCOc1cccc(Nc2nc3ccc(Br)cc3s2)c1. The van der Waals surface area contributed by atoms with Gasteiger partial charge in [-0.2, -0.15) is 0 Å². The number of aromatic nitrogens is 1. The Labute approximate surface area is 129 Å². The maximum Gasteiger partial charge on any atom is 0.188 e. The second kappa shape index (κ2) is 5.81. The Morgan fingerprint density at radius 2 is 2.15 bits per heavy atom. The van der Waals surface area contributed by atoms with E-state index in [9.17, 15) is 0 Å². The number of halogens is 1. The van der Waals surface area contributed by atoms with Crippen LogP contribution in [0.1, 0.15) is 6.92 Å². The number of nitrogens with one attached hydrogen (secondary N) is 1. The van der Waals surface area contributed by atoms with Gasteiger partial charge in [0.05, 0.1) is 16.8 Å². The summed E-state index contributed by atoms with van der Waals surface area (Å²) in [6.45, 7) is 2.64. The predicted octanol–water partition coefficient (Wildman–Crippen LogP) is 5.20. The fraction of sp³-hybridized carbons (Fsp3) is 0.133. The first kappa shape index (κ1) is 13.4. The standard InChI is InChI=1S/C15H13BrN2OS/c1-2-19-12-5-3-4-11(9-12)17-15-18-13-7-6-10(16)8-14(13)20-15/h3-9H,2H2,1H3,(H,17,18). The molecule has 0 aliphatic rings. The fourth-order valence-electron chi connectivity index (χ4n) is 1.91. The smallest absolute Gasteiger partial charge is 0.188 e. The molecule has 0 saturated heterocycles. The van der Waals surface area contributed by atoms with E-state index >= 15 is 0 Å². The zero-order chi connectivity index (χ0) is 13.9. The second-order valence-corrected chi connectivity index (χ2v) is 6.16. The van der Waals surface area contributed by atoms with Crippen LogP contribution in [0.3, 0.4) is 0 Å². The number of benzene rings is 2. The van der Waals surface area contributed by atoms with Crippen molar-refractivity contribution < 1.29 is 4.74 Å². The van der Waals surface area contributed by atoms with E-state index in [4.69, 9.17) is 4.74 Å². The molecule has 20 heavy (non-hydrogen) atoms. The van der Waals surface area contributed by atoms with Crippen molar-refractivity contribution in [3.8, 4) is 5.75 Å². The van der Waals surface area contributed by atoms with E-state index in [1.54, 1.807) is 11.3 Å². The van der Waals surface area contributed by atoms with Gasteiger partial charge >= 0.3 is 0 Å². The molecular weight excluding hydrogens is 336 g/mol. The van der Waals surface area contributed by atoms with Gasteiger partial charge in [-0.15, -0.1) is 0 Å². The van der Waals surface area contributed by atoms with Crippen LogP contribution in [0.15, 0.2) is 46.9 Å². The molecule has 1 heterocycles. The van der Waals surface area contributed by atoms with Crippen LogP contribution in [0.5, 0.6) is 5.75 Å². The van der Waals surface area contributed by atoms with Crippen LogP contribution in [0.25, 0.3) is 10.2 Å². The molecule has 0 spiro atoms. The first-order valence-electron chi connectivity index (χ1n) is 6.30. The molecule has 0 aliphatic carbocycles. The summed E-state index contributed by atoms with van der Waals surface area (Å²) in [5, 5.41) is 4.20. The minimum atomic E-state index is 0.665. The second-order valence-electron chi connectivity index (χ2n) is 4.22. The lowest BCUT2D eigenvalue weighted by molar-refractivity contribution is 0.340. The molecule has 0 unspecified atom stereocenters. The number of ether oxygens (including phenoxy) is 1. The lowest BCUT2D eigenvalue weighted by atomic mass is 10.3. The molecule has 1 aromatic heterocycles. The Hall–Kier alpha value is -1.59. The lowest BCUT2D eigenvalue weighted by Crippen LogP contribution is -1.93. The van der Waals surface area contributed by atoms with Crippen molar-refractivity contribution in [3.05, 3.63) is 46.9 Å². The molecular formula is C15H13BrN2OS. The van der Waals surface area contributed by atoms with Gasteiger partial charge in [-0.3, -0.25) is 0 Å². The predicted molar refractivity (Wildman–Crippen MR) is 88.2 cm³/mol. The summed E-state index contributed by atoms with van der Waals surface area (Å²) in [6, 6.07) is 14.0. The zero-order valence-electron chi connectivity index (χ0n) is 10.9. The summed E-state index contributed by atoms with van der Waals surface area (Å²) >= 11 is 5.11. The summed E-state index contributed by atoms with van der Waals surface area (Å²) in [7, 11) is 0. The molecule has 3 nitrogen and oxygen atoms in total. The topological polar surface area (TPSA) is 34.1 Å². The van der Waals surface area contributed by atoms with Gasteiger partial charge in [-0.05, 0) is 37.3 Å². The summed E-state index contributed by atoms with van der Waals surface area (Å²) in [5.74, 6) is 0.862. The summed E-state index contributed by atoms with van der Waals surface area (Å²) < 4.78 is 7.72. The maximum atomic E-state index is 5.50. The van der Waals surface area contributed by atoms with Crippen molar-refractivity contribution in [2.45, 2.75) is 6.92 Å². The highest BCUT2D eigenvalue weighted by molar-refractivity contribution is 9.10. The van der Waals surface area contributed by atoms with Crippen molar-refractivity contribution in [2.24, 2.45) is 0 Å². The lowest BCUT2D eigenvalue weighted by Gasteiger charge is -2.06. The number of nitrogens with zero attached hydrogens (tertiary/aromatic N) is 1. The van der Waals surface area contributed by atoms with Gasteiger partial charge in [0.1, 0.15) is 5.75 Å². The highest BCUT2D eigenvalue weighted by atomic mass is 79.9. The first-order chi connectivity index (χ1) is 9.74. The minimum absolute atomic E-state index is 0.665. The molecule has 0 atom stereocenters. The molecule has 5 heteroatoms. The molecule has 0 bridgehead atoms. The van der Waals surface area contributed by atoms with Crippen molar-refractivity contribution in [1.29, 1.82) is 0 Å². The Morgan fingerprint density at radius 1 is 1.25 bits per heavy atom. The van der Waals surface area contributed by atoms with Crippen LogP contribution in [-0.4, -0.2) is 11.6 Å². The van der Waals surface area contributed by atoms with Crippen LogP contribution >= 0.6 is 27.3 Å². The van der Waals surface area contributed by atoms with Gasteiger partial charge in [0.15, 0.2) is 5.13 Å². The van der Waals surface area contributed by atoms with E-state index in [0.717, 1.165) is 31.3 Å². The molecule has 0 saturated carbocycles. The van der Waals surface area contributed by atoms with Crippen molar-refractivity contribution in [2.75, 3.05) is 11.9 Å². The normalized spacial score (nSPS) is 10.7. The van der Waals surface area contributed by atoms with Gasteiger partial charge in [0, 0.05) is 16.2 Å². The third-order valence-electron chi connectivity index (χ3n) is 2.75. The summed E-state index contributed by atoms with van der Waals surface area (Å²) in [6.07, 6.45) is 0. The number of hydrogen-bond donors (Lipinski definition) is 1. The number of hydrogen-bond acceptors (Lipinski definition) is 4. The number of rotatable bonds is 4. The largest absolute Gasteiger partial charge is 0.494 e. The van der Waals surface area contributed by atoms with Gasteiger partial charge in [0.2, 0.25) is 0 Å². The average Bonchev–Trinajstić information content (AvgIpc) is 2.81. The summed E-state index contributed by atoms with van der Waals surface area (Å²) in [4.78, 5) is 4.57.